The van der Waals surface area contributed by atoms with Crippen LogP contribution in [0.1, 0.15) is 16.1 Å². The van der Waals surface area contributed by atoms with Gasteiger partial charge in [0, 0.05) is 5.02 Å². The maximum Gasteiger partial charge on any atom is 0.259 e. The lowest BCUT2D eigenvalue weighted by atomic mass is 10.2. The quantitative estimate of drug-likeness (QED) is 0.710. The molecule has 2 heterocycles. The zero-order valence-electron chi connectivity index (χ0n) is 13.2. The fourth-order valence-corrected chi connectivity index (χ4v) is 2.82. The van der Waals surface area contributed by atoms with E-state index in [-0.39, 0.29) is 5.91 Å². The third-order valence-corrected chi connectivity index (χ3v) is 4.41. The number of thioether (sulfide) groups is 1. The summed E-state index contributed by atoms with van der Waals surface area (Å²) in [5.41, 5.74) is 2.70. The SMILES string of the molecule is CSc1ccc(NC(=O)c2cnn(-c3cccc(Cl)c3)c2C)cn1. The van der Waals surface area contributed by atoms with Crippen molar-refractivity contribution in [3.63, 3.8) is 0 Å². The number of benzene rings is 1. The van der Waals surface area contributed by atoms with Gasteiger partial charge in [0.2, 0.25) is 0 Å². The van der Waals surface area contributed by atoms with Gasteiger partial charge in [-0.05, 0) is 43.5 Å². The van der Waals surface area contributed by atoms with Gasteiger partial charge in [-0.15, -0.1) is 11.8 Å². The minimum absolute atomic E-state index is 0.223. The molecule has 7 heteroatoms. The predicted octanol–water partition coefficient (Wildman–Crippen LogP) is 4.20. The lowest BCUT2D eigenvalue weighted by Crippen LogP contribution is -2.13. The molecule has 0 bridgehead atoms. The van der Waals surface area contributed by atoms with Gasteiger partial charge in [-0.25, -0.2) is 9.67 Å². The number of rotatable bonds is 4. The van der Waals surface area contributed by atoms with E-state index >= 15 is 0 Å². The summed E-state index contributed by atoms with van der Waals surface area (Å²) in [7, 11) is 0. The standard InChI is InChI=1S/C17H15ClN4OS/c1-11-15(10-20-22(11)14-5-3-4-12(18)8-14)17(23)21-13-6-7-16(24-2)19-9-13/h3-10H,1-2H3,(H,21,23). The number of anilines is 1. The van der Waals surface area contributed by atoms with Crippen molar-refractivity contribution >= 4 is 35.0 Å². The summed E-state index contributed by atoms with van der Waals surface area (Å²) in [6.45, 7) is 1.85. The molecule has 24 heavy (non-hydrogen) atoms. The Morgan fingerprint density at radius 3 is 2.75 bits per heavy atom. The van der Waals surface area contributed by atoms with E-state index in [4.69, 9.17) is 11.6 Å². The largest absolute Gasteiger partial charge is 0.320 e. The van der Waals surface area contributed by atoms with Gasteiger partial charge in [-0.2, -0.15) is 5.10 Å². The summed E-state index contributed by atoms with van der Waals surface area (Å²) < 4.78 is 1.69. The predicted molar refractivity (Wildman–Crippen MR) is 97.3 cm³/mol. The first-order valence-corrected chi connectivity index (χ1v) is 8.80. The minimum Gasteiger partial charge on any atom is -0.320 e. The molecule has 0 aliphatic heterocycles. The molecule has 5 nitrogen and oxygen atoms in total. The van der Waals surface area contributed by atoms with Crippen molar-refractivity contribution in [3.8, 4) is 5.69 Å². The maximum absolute atomic E-state index is 12.5. The number of carbonyl (C=O) groups is 1. The fourth-order valence-electron chi connectivity index (χ4n) is 2.27. The van der Waals surface area contributed by atoms with Crippen LogP contribution in [0.5, 0.6) is 0 Å². The lowest BCUT2D eigenvalue weighted by Gasteiger charge is -2.07. The highest BCUT2D eigenvalue weighted by molar-refractivity contribution is 7.98. The molecule has 3 rings (SSSR count). The second-order valence-corrected chi connectivity index (χ2v) is 6.34. The van der Waals surface area contributed by atoms with Gasteiger partial charge in [-0.1, -0.05) is 17.7 Å². The number of halogens is 1. The Labute approximate surface area is 149 Å². The van der Waals surface area contributed by atoms with Crippen molar-refractivity contribution < 1.29 is 4.79 Å². The van der Waals surface area contributed by atoms with Gasteiger partial charge in [0.05, 0.1) is 40.1 Å². The highest BCUT2D eigenvalue weighted by Gasteiger charge is 2.15. The smallest absolute Gasteiger partial charge is 0.259 e. The van der Waals surface area contributed by atoms with Crippen LogP contribution < -0.4 is 5.32 Å². The second-order valence-electron chi connectivity index (χ2n) is 5.08. The molecule has 3 aromatic rings. The van der Waals surface area contributed by atoms with Gasteiger partial charge >= 0.3 is 0 Å². The van der Waals surface area contributed by atoms with Crippen molar-refractivity contribution in [2.24, 2.45) is 0 Å². The Morgan fingerprint density at radius 1 is 1.25 bits per heavy atom. The number of carbonyl (C=O) groups excluding carboxylic acids is 1. The molecule has 0 spiro atoms. The molecule has 1 amide bonds. The number of amides is 1. The minimum atomic E-state index is -0.223. The van der Waals surface area contributed by atoms with Gasteiger partial charge < -0.3 is 5.32 Å². The Morgan fingerprint density at radius 2 is 2.08 bits per heavy atom. The number of nitrogens with one attached hydrogen (secondary N) is 1. The molecular formula is C17H15ClN4OS. The van der Waals surface area contributed by atoms with E-state index in [1.807, 2.05) is 37.4 Å². The topological polar surface area (TPSA) is 59.8 Å². The lowest BCUT2D eigenvalue weighted by molar-refractivity contribution is 0.102. The number of nitrogens with zero attached hydrogens (tertiary/aromatic N) is 3. The molecule has 0 unspecified atom stereocenters. The monoisotopic (exact) mass is 358 g/mol. The van der Waals surface area contributed by atoms with Crippen LogP contribution in [-0.4, -0.2) is 26.9 Å². The van der Waals surface area contributed by atoms with Crippen molar-refractivity contribution in [2.45, 2.75) is 11.9 Å². The molecule has 1 aromatic carbocycles. The first-order chi connectivity index (χ1) is 11.6. The highest BCUT2D eigenvalue weighted by Crippen LogP contribution is 2.19. The molecule has 2 aromatic heterocycles. The van der Waals surface area contributed by atoms with Crippen molar-refractivity contribution in [3.05, 3.63) is 65.1 Å². The number of aromatic nitrogens is 3. The summed E-state index contributed by atoms with van der Waals surface area (Å²) in [6, 6.07) is 11.0. The van der Waals surface area contributed by atoms with E-state index in [0.717, 1.165) is 16.4 Å². The first kappa shape index (κ1) is 16.5. The third-order valence-electron chi connectivity index (χ3n) is 3.51. The Balaban J connectivity index is 1.83. The molecule has 0 aliphatic carbocycles. The van der Waals surface area contributed by atoms with Crippen LogP contribution >= 0.6 is 23.4 Å². The number of hydrogen-bond donors (Lipinski definition) is 1. The Bertz CT molecular complexity index is 877. The van der Waals surface area contributed by atoms with Crippen LogP contribution in [0.25, 0.3) is 5.69 Å². The van der Waals surface area contributed by atoms with Crippen molar-refractivity contribution in [2.75, 3.05) is 11.6 Å². The van der Waals surface area contributed by atoms with Crippen LogP contribution in [0.15, 0.2) is 53.8 Å². The number of hydrogen-bond acceptors (Lipinski definition) is 4. The van der Waals surface area contributed by atoms with Crippen LogP contribution in [0, 0.1) is 6.92 Å². The molecule has 1 N–H and O–H groups in total. The van der Waals surface area contributed by atoms with E-state index in [0.29, 0.717) is 16.3 Å². The average molecular weight is 359 g/mol. The van der Waals surface area contributed by atoms with E-state index in [9.17, 15) is 4.79 Å². The average Bonchev–Trinajstić information content (AvgIpc) is 2.97. The second kappa shape index (κ2) is 7.07. The molecule has 0 fully saturated rings. The molecule has 0 radical (unpaired) electrons. The van der Waals surface area contributed by atoms with Crippen LogP contribution in [-0.2, 0) is 0 Å². The van der Waals surface area contributed by atoms with Gasteiger partial charge in [0.1, 0.15) is 0 Å². The summed E-state index contributed by atoms with van der Waals surface area (Å²) in [6.07, 6.45) is 5.14. The summed E-state index contributed by atoms with van der Waals surface area (Å²) in [5.74, 6) is -0.223. The summed E-state index contributed by atoms with van der Waals surface area (Å²) >= 11 is 7.57. The van der Waals surface area contributed by atoms with Crippen LogP contribution in [0.3, 0.4) is 0 Å². The van der Waals surface area contributed by atoms with Crippen LogP contribution in [0.2, 0.25) is 5.02 Å². The zero-order valence-corrected chi connectivity index (χ0v) is 14.7. The summed E-state index contributed by atoms with van der Waals surface area (Å²) in [4.78, 5) is 16.7. The van der Waals surface area contributed by atoms with Crippen molar-refractivity contribution in [1.29, 1.82) is 0 Å². The molecular weight excluding hydrogens is 344 g/mol. The van der Waals surface area contributed by atoms with E-state index in [1.54, 1.807) is 41.0 Å². The van der Waals surface area contributed by atoms with E-state index in [2.05, 4.69) is 15.4 Å². The van der Waals surface area contributed by atoms with Gasteiger partial charge in [-0.3, -0.25) is 4.79 Å². The first-order valence-electron chi connectivity index (χ1n) is 7.20. The van der Waals surface area contributed by atoms with Crippen molar-refractivity contribution in [1.82, 2.24) is 14.8 Å². The highest BCUT2D eigenvalue weighted by atomic mass is 35.5. The van der Waals surface area contributed by atoms with Gasteiger partial charge in [0.15, 0.2) is 0 Å². The Hall–Kier alpha value is -2.31. The zero-order chi connectivity index (χ0) is 17.1. The molecule has 0 aliphatic rings. The van der Waals surface area contributed by atoms with E-state index < -0.39 is 0 Å². The van der Waals surface area contributed by atoms with Crippen LogP contribution in [0.4, 0.5) is 5.69 Å². The third kappa shape index (κ3) is 3.44. The normalized spacial score (nSPS) is 10.6. The number of pyridine rings is 1. The molecule has 0 atom stereocenters. The van der Waals surface area contributed by atoms with E-state index in [1.165, 1.54) is 0 Å². The maximum atomic E-state index is 12.5. The fraction of sp³-hybridized carbons (Fsp3) is 0.118. The summed E-state index contributed by atoms with van der Waals surface area (Å²) in [5, 5.41) is 8.65. The molecule has 0 saturated heterocycles. The molecule has 0 saturated carbocycles. The Kier molecular flexibility index (Phi) is 4.87. The molecule has 122 valence electrons. The van der Waals surface area contributed by atoms with Gasteiger partial charge in [0.25, 0.3) is 5.91 Å².